The highest BCUT2D eigenvalue weighted by molar-refractivity contribution is 5.82. The summed E-state index contributed by atoms with van der Waals surface area (Å²) in [6.07, 6.45) is -5.48. The third kappa shape index (κ3) is 2.60. The number of hydrogen-bond acceptors (Lipinski definition) is 2. The van der Waals surface area contributed by atoms with Gasteiger partial charge in [0.1, 0.15) is 0 Å². The molecule has 1 N–H and O–H groups in total. The number of carbonyl (C=O) groups excluding carboxylic acids is 1. The number of alkyl halides is 5. The summed E-state index contributed by atoms with van der Waals surface area (Å²) in [5.74, 6) is -7.12. The molecule has 1 heterocycles. The van der Waals surface area contributed by atoms with Crippen molar-refractivity contribution < 1.29 is 31.9 Å². The molecule has 0 spiro atoms. The Bertz CT molecular complexity index is 278. The summed E-state index contributed by atoms with van der Waals surface area (Å²) in [5, 5.41) is 8.61. The van der Waals surface area contributed by atoms with Crippen LogP contribution < -0.4 is 0 Å². The molecule has 1 fully saturated rings. The first-order valence-electron chi connectivity index (χ1n) is 4.53. The molecule has 1 aliphatic heterocycles. The van der Waals surface area contributed by atoms with E-state index in [4.69, 9.17) is 5.11 Å². The molecule has 0 radical (unpaired) electrons. The standard InChI is InChI=1S/C8H10F5NO2/c9-7(10)4-14(2-1-5(7)3-15)6(16)8(11,12)13/h5,15H,1-4H2. The lowest BCUT2D eigenvalue weighted by atomic mass is 9.93. The van der Waals surface area contributed by atoms with E-state index in [1.165, 1.54) is 0 Å². The Morgan fingerprint density at radius 2 is 2.00 bits per heavy atom. The minimum absolute atomic E-state index is 0.0756. The maximum atomic E-state index is 13.1. The molecule has 3 nitrogen and oxygen atoms in total. The van der Waals surface area contributed by atoms with Gasteiger partial charge in [-0.05, 0) is 6.42 Å². The van der Waals surface area contributed by atoms with Gasteiger partial charge in [-0.25, -0.2) is 8.78 Å². The van der Waals surface area contributed by atoms with Crippen LogP contribution in [0.1, 0.15) is 6.42 Å². The van der Waals surface area contributed by atoms with Gasteiger partial charge in [0.2, 0.25) is 0 Å². The first-order chi connectivity index (χ1) is 7.18. The van der Waals surface area contributed by atoms with E-state index < -0.39 is 43.6 Å². The van der Waals surface area contributed by atoms with Gasteiger partial charge in [-0.1, -0.05) is 0 Å². The van der Waals surface area contributed by atoms with E-state index in [0.29, 0.717) is 0 Å². The molecule has 0 aromatic carbocycles. The summed E-state index contributed by atoms with van der Waals surface area (Å²) < 4.78 is 62.2. The van der Waals surface area contributed by atoms with Crippen LogP contribution in [0.15, 0.2) is 0 Å². The molecule has 0 aromatic heterocycles. The van der Waals surface area contributed by atoms with E-state index in [0.717, 1.165) is 0 Å². The summed E-state index contributed by atoms with van der Waals surface area (Å²) in [6, 6.07) is 0. The topological polar surface area (TPSA) is 40.5 Å². The SMILES string of the molecule is O=C(N1CCC(CO)C(F)(F)C1)C(F)(F)F. The minimum Gasteiger partial charge on any atom is -0.396 e. The van der Waals surface area contributed by atoms with Crippen LogP contribution in [0.25, 0.3) is 0 Å². The van der Waals surface area contributed by atoms with Crippen molar-refractivity contribution in [3.8, 4) is 0 Å². The summed E-state index contributed by atoms with van der Waals surface area (Å²) >= 11 is 0. The van der Waals surface area contributed by atoms with Crippen LogP contribution >= 0.6 is 0 Å². The molecule has 0 aliphatic carbocycles. The number of aliphatic hydroxyl groups is 1. The molecule has 1 aliphatic rings. The highest BCUT2D eigenvalue weighted by atomic mass is 19.4. The van der Waals surface area contributed by atoms with E-state index in [-0.39, 0.29) is 11.3 Å². The van der Waals surface area contributed by atoms with E-state index >= 15 is 0 Å². The van der Waals surface area contributed by atoms with Crippen molar-refractivity contribution in [2.24, 2.45) is 5.92 Å². The second kappa shape index (κ2) is 4.15. The molecule has 0 saturated carbocycles. The second-order valence-electron chi connectivity index (χ2n) is 3.65. The fourth-order valence-corrected chi connectivity index (χ4v) is 1.56. The zero-order chi connectivity index (χ0) is 12.6. The van der Waals surface area contributed by atoms with Crippen molar-refractivity contribution in [3.05, 3.63) is 0 Å². The third-order valence-corrected chi connectivity index (χ3v) is 2.50. The highest BCUT2D eigenvalue weighted by Crippen LogP contribution is 2.34. The number of hydrogen-bond donors (Lipinski definition) is 1. The summed E-state index contributed by atoms with van der Waals surface area (Å²) in [6.45, 7) is -2.52. The van der Waals surface area contributed by atoms with E-state index in [2.05, 4.69) is 0 Å². The van der Waals surface area contributed by atoms with Crippen molar-refractivity contribution >= 4 is 5.91 Å². The van der Waals surface area contributed by atoms with Gasteiger partial charge in [0.25, 0.3) is 5.92 Å². The predicted octanol–water partition coefficient (Wildman–Crippen LogP) is 1.02. The lowest BCUT2D eigenvalue weighted by Crippen LogP contribution is -2.54. The zero-order valence-electron chi connectivity index (χ0n) is 8.10. The fraction of sp³-hybridized carbons (Fsp3) is 0.875. The Kier molecular flexibility index (Phi) is 3.41. The van der Waals surface area contributed by atoms with Crippen LogP contribution in [0.5, 0.6) is 0 Å². The monoisotopic (exact) mass is 247 g/mol. The van der Waals surface area contributed by atoms with Crippen molar-refractivity contribution in [3.63, 3.8) is 0 Å². The maximum absolute atomic E-state index is 13.1. The Hall–Kier alpha value is -0.920. The smallest absolute Gasteiger partial charge is 0.396 e. The molecule has 8 heteroatoms. The summed E-state index contributed by atoms with van der Waals surface area (Å²) in [7, 11) is 0. The van der Waals surface area contributed by atoms with Crippen LogP contribution in [-0.4, -0.2) is 47.7 Å². The first kappa shape index (κ1) is 13.1. The summed E-state index contributed by atoms with van der Waals surface area (Å²) in [4.78, 5) is 10.8. The highest BCUT2D eigenvalue weighted by Gasteiger charge is 2.50. The van der Waals surface area contributed by atoms with Crippen LogP contribution in [0.4, 0.5) is 22.0 Å². The van der Waals surface area contributed by atoms with Crippen molar-refractivity contribution in [1.29, 1.82) is 0 Å². The molecule has 16 heavy (non-hydrogen) atoms. The van der Waals surface area contributed by atoms with E-state index in [1.807, 2.05) is 0 Å². The largest absolute Gasteiger partial charge is 0.471 e. The lowest BCUT2D eigenvalue weighted by Gasteiger charge is -2.37. The average Bonchev–Trinajstić information content (AvgIpc) is 2.13. The van der Waals surface area contributed by atoms with Crippen molar-refractivity contribution in [1.82, 2.24) is 4.90 Å². The number of rotatable bonds is 1. The van der Waals surface area contributed by atoms with Gasteiger partial charge in [0, 0.05) is 12.5 Å². The Balaban J connectivity index is 2.73. The number of likely N-dealkylation sites (tertiary alicyclic amines) is 1. The van der Waals surface area contributed by atoms with Gasteiger partial charge in [0.15, 0.2) is 0 Å². The Morgan fingerprint density at radius 3 is 2.38 bits per heavy atom. The van der Waals surface area contributed by atoms with E-state index in [9.17, 15) is 26.7 Å². The van der Waals surface area contributed by atoms with Gasteiger partial charge >= 0.3 is 12.1 Å². The number of nitrogens with zero attached hydrogens (tertiary/aromatic N) is 1. The molecule has 0 bridgehead atoms. The third-order valence-electron chi connectivity index (χ3n) is 2.50. The van der Waals surface area contributed by atoms with Crippen molar-refractivity contribution in [2.45, 2.75) is 18.5 Å². The molecule has 0 aromatic rings. The average molecular weight is 247 g/mol. The van der Waals surface area contributed by atoms with Gasteiger partial charge in [0.05, 0.1) is 13.2 Å². The molecular formula is C8H10F5NO2. The first-order valence-corrected chi connectivity index (χ1v) is 4.53. The maximum Gasteiger partial charge on any atom is 0.471 e. The molecular weight excluding hydrogens is 237 g/mol. The van der Waals surface area contributed by atoms with Crippen molar-refractivity contribution in [2.75, 3.05) is 19.7 Å². The molecule has 1 rings (SSSR count). The summed E-state index contributed by atoms with van der Waals surface area (Å²) in [5.41, 5.74) is 0. The molecule has 94 valence electrons. The minimum atomic E-state index is -5.14. The van der Waals surface area contributed by atoms with Crippen LogP contribution in [0, 0.1) is 5.92 Å². The van der Waals surface area contributed by atoms with Gasteiger partial charge < -0.3 is 10.0 Å². The number of halogens is 5. The predicted molar refractivity (Wildman–Crippen MR) is 42.8 cm³/mol. The number of aliphatic hydroxyl groups excluding tert-OH is 1. The van der Waals surface area contributed by atoms with Gasteiger partial charge in [-0.15, -0.1) is 0 Å². The van der Waals surface area contributed by atoms with E-state index in [1.54, 1.807) is 0 Å². The zero-order valence-corrected chi connectivity index (χ0v) is 8.10. The molecule has 1 atom stereocenters. The van der Waals surface area contributed by atoms with Gasteiger partial charge in [-0.2, -0.15) is 13.2 Å². The molecule has 1 amide bonds. The number of carbonyl (C=O) groups is 1. The number of piperidine rings is 1. The normalized spacial score (nSPS) is 25.6. The number of amides is 1. The Labute approximate surface area is 87.8 Å². The Morgan fingerprint density at radius 1 is 1.44 bits per heavy atom. The van der Waals surface area contributed by atoms with Crippen LogP contribution in [-0.2, 0) is 4.79 Å². The quantitative estimate of drug-likeness (QED) is 0.703. The fourth-order valence-electron chi connectivity index (χ4n) is 1.56. The van der Waals surface area contributed by atoms with Gasteiger partial charge in [-0.3, -0.25) is 4.79 Å². The second-order valence-corrected chi connectivity index (χ2v) is 3.65. The van der Waals surface area contributed by atoms with Crippen LogP contribution in [0.3, 0.4) is 0 Å². The molecule has 1 saturated heterocycles. The van der Waals surface area contributed by atoms with Crippen LogP contribution in [0.2, 0.25) is 0 Å². The lowest BCUT2D eigenvalue weighted by molar-refractivity contribution is -0.197. The molecule has 1 unspecified atom stereocenters.